The van der Waals surface area contributed by atoms with Crippen molar-refractivity contribution in [1.29, 1.82) is 0 Å². The van der Waals surface area contributed by atoms with Crippen LogP contribution in [0.5, 0.6) is 23.0 Å². The normalized spacial score (nSPS) is 14.7. The molecule has 41 heavy (non-hydrogen) atoms. The number of amides is 3. The Kier molecular flexibility index (Phi) is 11.2. The number of carbonyl (C=O) groups is 3. The van der Waals surface area contributed by atoms with Crippen molar-refractivity contribution in [3.63, 3.8) is 0 Å². The monoisotopic (exact) mass is 588 g/mol. The summed E-state index contributed by atoms with van der Waals surface area (Å²) >= 11 is 6.31. The number of hydrazone groups is 1. The van der Waals surface area contributed by atoms with Gasteiger partial charge in [-0.15, -0.1) is 0 Å². The molecule has 3 rings (SSSR count). The summed E-state index contributed by atoms with van der Waals surface area (Å²) in [5.41, 5.74) is 4.19. The van der Waals surface area contributed by atoms with E-state index in [2.05, 4.69) is 21.2 Å². The van der Waals surface area contributed by atoms with E-state index in [9.17, 15) is 14.4 Å². The standard InChI is InChI=1S/C28H33ClN4O8/c1-6-38-22-12-17(11-19(29)26(22)39-7-2)14-30-33-23(34)15-41-20-10-9-18(13-21(20)37-5)25-24(27(35)40-8-3)16(4)31-28(36)32-25/h9-14,25H,6-8,15H2,1-5H3,(H,33,34)(H2,31,32,36)/b30-14-/t25-/m1/s1. The lowest BCUT2D eigenvalue weighted by molar-refractivity contribution is -0.139. The van der Waals surface area contributed by atoms with Crippen LogP contribution in [-0.4, -0.2) is 57.7 Å². The van der Waals surface area contributed by atoms with E-state index in [0.717, 1.165) is 0 Å². The minimum Gasteiger partial charge on any atom is -0.493 e. The molecule has 13 heteroatoms. The Labute approximate surface area is 243 Å². The molecule has 0 radical (unpaired) electrons. The average Bonchev–Trinajstić information content (AvgIpc) is 2.93. The number of nitrogens with zero attached hydrogens (tertiary/aromatic N) is 1. The highest BCUT2D eigenvalue weighted by Gasteiger charge is 2.32. The Bertz CT molecular complexity index is 1340. The number of urea groups is 1. The van der Waals surface area contributed by atoms with Crippen molar-refractivity contribution >= 4 is 35.7 Å². The van der Waals surface area contributed by atoms with Gasteiger partial charge in [-0.25, -0.2) is 15.0 Å². The SMILES string of the molecule is CCOC(=O)C1=C(C)NC(=O)N[C@@H]1c1ccc(OCC(=O)N/N=C\c2cc(Cl)c(OCC)c(OCC)c2)c(OC)c1. The second-order valence-corrected chi connectivity index (χ2v) is 8.89. The number of benzene rings is 2. The fourth-order valence-corrected chi connectivity index (χ4v) is 4.24. The van der Waals surface area contributed by atoms with E-state index in [1.54, 1.807) is 44.2 Å². The summed E-state index contributed by atoms with van der Waals surface area (Å²) in [5.74, 6) is 0.395. The van der Waals surface area contributed by atoms with E-state index >= 15 is 0 Å². The third-order valence-corrected chi connectivity index (χ3v) is 5.95. The summed E-state index contributed by atoms with van der Waals surface area (Å²) < 4.78 is 27.4. The highest BCUT2D eigenvalue weighted by atomic mass is 35.5. The highest BCUT2D eigenvalue weighted by molar-refractivity contribution is 6.32. The molecule has 0 bridgehead atoms. The second kappa shape index (κ2) is 14.8. The number of nitrogens with one attached hydrogen (secondary N) is 3. The summed E-state index contributed by atoms with van der Waals surface area (Å²) in [7, 11) is 1.43. The molecule has 2 aromatic carbocycles. The molecule has 3 amide bonds. The second-order valence-electron chi connectivity index (χ2n) is 8.48. The molecule has 1 aliphatic rings. The molecule has 0 unspecified atom stereocenters. The molecule has 0 aliphatic carbocycles. The smallest absolute Gasteiger partial charge is 0.338 e. The third kappa shape index (κ3) is 8.04. The molecule has 2 aromatic rings. The number of methoxy groups -OCH3 is 1. The molecule has 0 saturated carbocycles. The van der Waals surface area contributed by atoms with Crippen molar-refractivity contribution in [2.24, 2.45) is 5.10 Å². The van der Waals surface area contributed by atoms with Gasteiger partial charge in [-0.2, -0.15) is 5.10 Å². The van der Waals surface area contributed by atoms with Crippen LogP contribution >= 0.6 is 11.6 Å². The molecule has 0 saturated heterocycles. The van der Waals surface area contributed by atoms with Gasteiger partial charge in [0.2, 0.25) is 0 Å². The van der Waals surface area contributed by atoms with Crippen molar-refractivity contribution in [2.45, 2.75) is 33.7 Å². The summed E-state index contributed by atoms with van der Waals surface area (Å²) in [6.45, 7) is 7.67. The lowest BCUT2D eigenvalue weighted by atomic mass is 9.95. The van der Waals surface area contributed by atoms with Gasteiger partial charge in [-0.05, 0) is 63.1 Å². The van der Waals surface area contributed by atoms with Gasteiger partial charge in [0.05, 0.1) is 49.8 Å². The lowest BCUT2D eigenvalue weighted by Gasteiger charge is -2.28. The maximum absolute atomic E-state index is 12.6. The number of halogens is 1. The molecule has 0 aromatic heterocycles. The van der Waals surface area contributed by atoms with Gasteiger partial charge >= 0.3 is 12.0 Å². The molecule has 0 spiro atoms. The summed E-state index contributed by atoms with van der Waals surface area (Å²) in [6.07, 6.45) is 1.42. The maximum Gasteiger partial charge on any atom is 0.338 e. The first kappa shape index (κ1) is 31.1. The van der Waals surface area contributed by atoms with Crippen molar-refractivity contribution < 1.29 is 38.1 Å². The molecule has 1 aliphatic heterocycles. The quantitative estimate of drug-likeness (QED) is 0.182. The van der Waals surface area contributed by atoms with Crippen LogP contribution in [0.15, 0.2) is 46.7 Å². The number of allylic oxidation sites excluding steroid dienone is 1. The molecular formula is C28H33ClN4O8. The number of ether oxygens (including phenoxy) is 5. The largest absolute Gasteiger partial charge is 0.493 e. The van der Waals surface area contributed by atoms with Crippen LogP contribution in [0.3, 0.4) is 0 Å². The van der Waals surface area contributed by atoms with E-state index in [-0.39, 0.29) is 24.5 Å². The zero-order valence-electron chi connectivity index (χ0n) is 23.5. The van der Waals surface area contributed by atoms with E-state index in [0.29, 0.717) is 52.3 Å². The van der Waals surface area contributed by atoms with Gasteiger partial charge in [0.15, 0.2) is 29.6 Å². The summed E-state index contributed by atoms with van der Waals surface area (Å²) in [4.78, 5) is 37.1. The van der Waals surface area contributed by atoms with Crippen molar-refractivity contribution in [3.8, 4) is 23.0 Å². The van der Waals surface area contributed by atoms with E-state index in [1.807, 2.05) is 13.8 Å². The van der Waals surface area contributed by atoms with Gasteiger partial charge in [0.25, 0.3) is 5.91 Å². The molecule has 220 valence electrons. The van der Waals surface area contributed by atoms with Crippen molar-refractivity contribution in [3.05, 3.63) is 57.8 Å². The molecule has 0 fully saturated rings. The molecular weight excluding hydrogens is 556 g/mol. The lowest BCUT2D eigenvalue weighted by Crippen LogP contribution is -2.45. The minimum absolute atomic E-state index is 0.181. The van der Waals surface area contributed by atoms with Crippen LogP contribution in [0.1, 0.15) is 44.9 Å². The number of hydrogen-bond acceptors (Lipinski definition) is 9. The molecule has 12 nitrogen and oxygen atoms in total. The molecule has 3 N–H and O–H groups in total. The van der Waals surface area contributed by atoms with Crippen LogP contribution in [0, 0.1) is 0 Å². The van der Waals surface area contributed by atoms with Crippen LogP contribution in [0.25, 0.3) is 0 Å². The van der Waals surface area contributed by atoms with Gasteiger partial charge < -0.3 is 34.3 Å². The van der Waals surface area contributed by atoms with Gasteiger partial charge in [0.1, 0.15) is 0 Å². The number of carbonyl (C=O) groups excluding carboxylic acids is 3. The Morgan fingerprint density at radius 3 is 2.46 bits per heavy atom. The molecule has 1 heterocycles. The molecule has 1 atom stereocenters. The van der Waals surface area contributed by atoms with E-state index in [4.69, 9.17) is 35.3 Å². The number of esters is 1. The maximum atomic E-state index is 12.6. The van der Waals surface area contributed by atoms with Crippen molar-refractivity contribution in [2.75, 3.05) is 33.5 Å². The van der Waals surface area contributed by atoms with Crippen LogP contribution in [-0.2, 0) is 14.3 Å². The fraction of sp³-hybridized carbons (Fsp3) is 0.357. The number of rotatable bonds is 13. The third-order valence-electron chi connectivity index (χ3n) is 5.67. The van der Waals surface area contributed by atoms with E-state index < -0.39 is 23.9 Å². The zero-order valence-corrected chi connectivity index (χ0v) is 24.2. The topological polar surface area (TPSA) is 146 Å². The van der Waals surface area contributed by atoms with Crippen molar-refractivity contribution in [1.82, 2.24) is 16.1 Å². The first-order valence-corrected chi connectivity index (χ1v) is 13.3. The predicted octanol–water partition coefficient (Wildman–Crippen LogP) is 3.87. The number of hydrogen-bond donors (Lipinski definition) is 3. The Morgan fingerprint density at radius 1 is 1.02 bits per heavy atom. The van der Waals surface area contributed by atoms with Crippen LogP contribution in [0.4, 0.5) is 4.79 Å². The fourth-order valence-electron chi connectivity index (χ4n) is 3.97. The average molecular weight is 589 g/mol. The van der Waals surface area contributed by atoms with Crippen LogP contribution < -0.4 is 35.0 Å². The Balaban J connectivity index is 1.68. The minimum atomic E-state index is -0.775. The Morgan fingerprint density at radius 2 is 1.78 bits per heavy atom. The highest BCUT2D eigenvalue weighted by Crippen LogP contribution is 2.37. The van der Waals surface area contributed by atoms with Gasteiger partial charge in [-0.3, -0.25) is 4.79 Å². The summed E-state index contributed by atoms with van der Waals surface area (Å²) in [5, 5.41) is 9.62. The zero-order chi connectivity index (χ0) is 29.9. The van der Waals surface area contributed by atoms with Gasteiger partial charge in [0, 0.05) is 5.70 Å². The van der Waals surface area contributed by atoms with Crippen LogP contribution in [0.2, 0.25) is 5.02 Å². The first-order chi connectivity index (χ1) is 19.7. The van der Waals surface area contributed by atoms with Gasteiger partial charge in [-0.1, -0.05) is 17.7 Å². The predicted molar refractivity (Wildman–Crippen MR) is 152 cm³/mol. The summed E-state index contributed by atoms with van der Waals surface area (Å²) in [6, 6.07) is 6.95. The Hall–Kier alpha value is -4.45. The first-order valence-electron chi connectivity index (χ1n) is 12.9. The van der Waals surface area contributed by atoms with E-state index in [1.165, 1.54) is 13.3 Å².